The van der Waals surface area contributed by atoms with Gasteiger partial charge in [0.25, 0.3) is 0 Å². The number of rotatable bonds is 4. The molecule has 5 rings (SSSR count). The standard InChI is InChI=1S/C22H22N6O/c1-29-18-4-2-3-16(15-18)21-25-19-5-6-20(27-13-11-24-12-14-27)26-22(19)28(21)17-7-9-23-10-8-17/h2-10,15,24H,11-14H2,1H3. The van der Waals surface area contributed by atoms with Crippen molar-refractivity contribution in [2.24, 2.45) is 0 Å². The van der Waals surface area contributed by atoms with Crippen molar-refractivity contribution in [1.82, 2.24) is 24.8 Å². The number of hydrogen-bond acceptors (Lipinski definition) is 6. The van der Waals surface area contributed by atoms with Gasteiger partial charge < -0.3 is 15.0 Å². The summed E-state index contributed by atoms with van der Waals surface area (Å²) in [6, 6.07) is 16.0. The van der Waals surface area contributed by atoms with Crippen molar-refractivity contribution < 1.29 is 4.74 Å². The average molecular weight is 386 g/mol. The summed E-state index contributed by atoms with van der Waals surface area (Å²) in [6.45, 7) is 3.84. The van der Waals surface area contributed by atoms with E-state index in [1.165, 1.54) is 0 Å². The van der Waals surface area contributed by atoms with Crippen LogP contribution >= 0.6 is 0 Å². The number of benzene rings is 1. The van der Waals surface area contributed by atoms with Gasteiger partial charge in [-0.3, -0.25) is 9.55 Å². The first kappa shape index (κ1) is 17.6. The molecule has 1 N–H and O–H groups in total. The molecule has 1 fully saturated rings. The van der Waals surface area contributed by atoms with Gasteiger partial charge in [-0.15, -0.1) is 0 Å². The zero-order valence-corrected chi connectivity index (χ0v) is 16.2. The molecule has 0 saturated carbocycles. The van der Waals surface area contributed by atoms with Crippen LogP contribution in [0.3, 0.4) is 0 Å². The summed E-state index contributed by atoms with van der Waals surface area (Å²) in [6.07, 6.45) is 3.58. The van der Waals surface area contributed by atoms with Crippen molar-refractivity contribution in [3.63, 3.8) is 0 Å². The topological polar surface area (TPSA) is 68.1 Å². The highest BCUT2D eigenvalue weighted by molar-refractivity contribution is 5.81. The summed E-state index contributed by atoms with van der Waals surface area (Å²) < 4.78 is 7.51. The van der Waals surface area contributed by atoms with Crippen LogP contribution in [0.5, 0.6) is 5.75 Å². The van der Waals surface area contributed by atoms with E-state index in [-0.39, 0.29) is 0 Å². The molecule has 4 heterocycles. The predicted molar refractivity (Wildman–Crippen MR) is 114 cm³/mol. The Morgan fingerprint density at radius 3 is 2.59 bits per heavy atom. The number of methoxy groups -OCH3 is 1. The lowest BCUT2D eigenvalue weighted by Crippen LogP contribution is -2.43. The van der Waals surface area contributed by atoms with Crippen LogP contribution in [0.15, 0.2) is 60.9 Å². The van der Waals surface area contributed by atoms with Crippen LogP contribution in [-0.2, 0) is 0 Å². The summed E-state index contributed by atoms with van der Waals surface area (Å²) in [5.41, 5.74) is 3.65. The predicted octanol–water partition coefficient (Wildman–Crippen LogP) is 2.90. The SMILES string of the molecule is COc1cccc(-c2nc3ccc(N4CCNCC4)nc3n2-c2ccncc2)c1. The fourth-order valence-corrected chi connectivity index (χ4v) is 3.71. The number of nitrogens with zero attached hydrogens (tertiary/aromatic N) is 5. The van der Waals surface area contributed by atoms with E-state index in [0.29, 0.717) is 0 Å². The van der Waals surface area contributed by atoms with Crippen molar-refractivity contribution in [3.8, 4) is 22.8 Å². The van der Waals surface area contributed by atoms with E-state index in [1.807, 2.05) is 36.4 Å². The van der Waals surface area contributed by atoms with Crippen LogP contribution in [0.25, 0.3) is 28.2 Å². The van der Waals surface area contributed by atoms with Gasteiger partial charge >= 0.3 is 0 Å². The van der Waals surface area contributed by atoms with E-state index in [1.54, 1.807) is 19.5 Å². The molecule has 0 unspecified atom stereocenters. The Balaban J connectivity index is 1.72. The van der Waals surface area contributed by atoms with Crippen molar-refractivity contribution in [3.05, 3.63) is 60.9 Å². The van der Waals surface area contributed by atoms with Gasteiger partial charge in [-0.2, -0.15) is 0 Å². The maximum Gasteiger partial charge on any atom is 0.167 e. The first-order chi connectivity index (χ1) is 14.3. The third kappa shape index (κ3) is 3.30. The summed E-state index contributed by atoms with van der Waals surface area (Å²) >= 11 is 0. The molecule has 7 nitrogen and oxygen atoms in total. The third-order valence-electron chi connectivity index (χ3n) is 5.18. The number of piperazine rings is 1. The van der Waals surface area contributed by atoms with Crippen molar-refractivity contribution in [1.29, 1.82) is 0 Å². The second kappa shape index (κ2) is 7.52. The molecule has 0 bridgehead atoms. The first-order valence-electron chi connectivity index (χ1n) is 9.73. The second-order valence-electron chi connectivity index (χ2n) is 6.96. The molecular weight excluding hydrogens is 364 g/mol. The van der Waals surface area contributed by atoms with Gasteiger partial charge in [0.05, 0.1) is 12.8 Å². The van der Waals surface area contributed by atoms with E-state index >= 15 is 0 Å². The molecule has 7 heteroatoms. The lowest BCUT2D eigenvalue weighted by atomic mass is 10.2. The van der Waals surface area contributed by atoms with Crippen LogP contribution in [0.1, 0.15) is 0 Å². The maximum absolute atomic E-state index is 5.42. The molecule has 0 radical (unpaired) electrons. The minimum Gasteiger partial charge on any atom is -0.497 e. The van der Waals surface area contributed by atoms with E-state index in [2.05, 4.69) is 31.9 Å². The smallest absolute Gasteiger partial charge is 0.167 e. The number of aromatic nitrogens is 4. The highest BCUT2D eigenvalue weighted by Gasteiger charge is 2.19. The molecule has 0 spiro atoms. The molecule has 0 aliphatic carbocycles. The van der Waals surface area contributed by atoms with Gasteiger partial charge in [0, 0.05) is 44.1 Å². The van der Waals surface area contributed by atoms with Crippen molar-refractivity contribution >= 4 is 17.0 Å². The summed E-state index contributed by atoms with van der Waals surface area (Å²) in [5, 5.41) is 3.39. The molecule has 1 aliphatic heterocycles. The number of fused-ring (bicyclic) bond motifs is 1. The zero-order chi connectivity index (χ0) is 19.6. The van der Waals surface area contributed by atoms with E-state index in [9.17, 15) is 0 Å². The van der Waals surface area contributed by atoms with Gasteiger partial charge in [0.1, 0.15) is 22.9 Å². The minimum atomic E-state index is 0.797. The van der Waals surface area contributed by atoms with Gasteiger partial charge in [0.2, 0.25) is 0 Å². The largest absolute Gasteiger partial charge is 0.497 e. The Morgan fingerprint density at radius 2 is 1.79 bits per heavy atom. The molecule has 4 aromatic rings. The molecule has 0 atom stereocenters. The number of pyridine rings is 2. The van der Waals surface area contributed by atoms with Gasteiger partial charge in [-0.05, 0) is 36.4 Å². The monoisotopic (exact) mass is 386 g/mol. The van der Waals surface area contributed by atoms with E-state index in [0.717, 1.165) is 66.0 Å². The number of ether oxygens (including phenoxy) is 1. The first-order valence-corrected chi connectivity index (χ1v) is 9.73. The number of anilines is 1. The Bertz CT molecular complexity index is 1130. The lowest BCUT2D eigenvalue weighted by molar-refractivity contribution is 0.415. The summed E-state index contributed by atoms with van der Waals surface area (Å²) in [7, 11) is 1.67. The summed E-state index contributed by atoms with van der Waals surface area (Å²) in [4.78, 5) is 16.4. The zero-order valence-electron chi connectivity index (χ0n) is 16.2. The Hall–Kier alpha value is -3.45. The molecule has 3 aromatic heterocycles. The lowest BCUT2D eigenvalue weighted by Gasteiger charge is -2.28. The molecular formula is C22H22N6O. The van der Waals surface area contributed by atoms with Crippen molar-refractivity contribution in [2.75, 3.05) is 38.2 Å². The quantitative estimate of drug-likeness (QED) is 0.582. The van der Waals surface area contributed by atoms with E-state index in [4.69, 9.17) is 14.7 Å². The molecule has 29 heavy (non-hydrogen) atoms. The average Bonchev–Trinajstić information content (AvgIpc) is 3.19. The number of hydrogen-bond donors (Lipinski definition) is 1. The third-order valence-corrected chi connectivity index (χ3v) is 5.18. The normalized spacial score (nSPS) is 14.3. The van der Waals surface area contributed by atoms with Crippen LogP contribution in [0, 0.1) is 0 Å². The molecule has 1 aromatic carbocycles. The maximum atomic E-state index is 5.42. The Kier molecular flexibility index (Phi) is 4.57. The number of imidazole rings is 1. The van der Waals surface area contributed by atoms with Crippen LogP contribution < -0.4 is 15.0 Å². The molecule has 1 aliphatic rings. The minimum absolute atomic E-state index is 0.797. The summed E-state index contributed by atoms with van der Waals surface area (Å²) in [5.74, 6) is 2.60. The van der Waals surface area contributed by atoms with Crippen molar-refractivity contribution in [2.45, 2.75) is 0 Å². The highest BCUT2D eigenvalue weighted by Crippen LogP contribution is 2.30. The van der Waals surface area contributed by atoms with Gasteiger partial charge in [-0.25, -0.2) is 9.97 Å². The fourth-order valence-electron chi connectivity index (χ4n) is 3.71. The molecule has 0 amide bonds. The van der Waals surface area contributed by atoms with Crippen LogP contribution in [0.4, 0.5) is 5.82 Å². The molecule has 146 valence electrons. The fraction of sp³-hybridized carbons (Fsp3) is 0.227. The van der Waals surface area contributed by atoms with Crippen LogP contribution in [0.2, 0.25) is 0 Å². The second-order valence-corrected chi connectivity index (χ2v) is 6.96. The Labute approximate surface area is 169 Å². The van der Waals surface area contributed by atoms with Gasteiger partial charge in [-0.1, -0.05) is 12.1 Å². The van der Waals surface area contributed by atoms with Gasteiger partial charge in [0.15, 0.2) is 5.65 Å². The number of nitrogens with one attached hydrogen (secondary N) is 1. The Morgan fingerprint density at radius 1 is 0.966 bits per heavy atom. The highest BCUT2D eigenvalue weighted by atomic mass is 16.5. The van der Waals surface area contributed by atoms with Crippen LogP contribution in [-0.4, -0.2) is 52.8 Å². The molecule has 1 saturated heterocycles. The van der Waals surface area contributed by atoms with E-state index < -0.39 is 0 Å².